The van der Waals surface area contributed by atoms with Gasteiger partial charge in [0.2, 0.25) is 0 Å². The number of hydrogen-bond donors (Lipinski definition) is 3. The summed E-state index contributed by atoms with van der Waals surface area (Å²) in [5, 5.41) is 13.3. The van der Waals surface area contributed by atoms with Gasteiger partial charge in [0.25, 0.3) is 5.91 Å². The molecule has 2 aromatic rings. The Morgan fingerprint density at radius 3 is 2.69 bits per heavy atom. The van der Waals surface area contributed by atoms with Crippen LogP contribution in [-0.2, 0) is 0 Å². The number of aromatic amines is 1. The van der Waals surface area contributed by atoms with Crippen molar-refractivity contribution in [3.63, 3.8) is 0 Å². The number of carbonyl (C=O) groups is 1. The first-order valence-electron chi connectivity index (χ1n) is 8.67. The predicted octanol–water partition coefficient (Wildman–Crippen LogP) is 1.53. The second kappa shape index (κ2) is 10.2. The molecule has 1 fully saturated rings. The van der Waals surface area contributed by atoms with Gasteiger partial charge < -0.3 is 20.3 Å². The Morgan fingerprint density at radius 2 is 2.00 bits per heavy atom. The van der Waals surface area contributed by atoms with Gasteiger partial charge in [0.05, 0.1) is 24.6 Å². The molecule has 0 unspecified atom stereocenters. The summed E-state index contributed by atoms with van der Waals surface area (Å²) in [6, 6.07) is 7.55. The number of nitrogens with one attached hydrogen (secondary N) is 3. The van der Waals surface area contributed by atoms with Gasteiger partial charge in [-0.15, -0.1) is 12.4 Å². The molecular weight excluding hydrogens is 354 g/mol. The van der Waals surface area contributed by atoms with E-state index in [-0.39, 0.29) is 18.3 Å². The van der Waals surface area contributed by atoms with Crippen molar-refractivity contribution in [1.82, 2.24) is 25.7 Å². The fraction of sp³-hybridized carbons (Fsp3) is 0.444. The van der Waals surface area contributed by atoms with Crippen molar-refractivity contribution in [2.75, 3.05) is 46.4 Å². The molecule has 1 aromatic heterocycles. The highest BCUT2D eigenvalue weighted by molar-refractivity contribution is 5.99. The quantitative estimate of drug-likeness (QED) is 0.635. The van der Waals surface area contributed by atoms with Crippen molar-refractivity contribution in [2.24, 2.45) is 0 Å². The maximum absolute atomic E-state index is 12.5. The minimum Gasteiger partial charge on any atom is -0.497 e. The van der Waals surface area contributed by atoms with E-state index in [1.807, 2.05) is 24.3 Å². The largest absolute Gasteiger partial charge is 0.497 e. The zero-order valence-electron chi connectivity index (χ0n) is 15.0. The topological polar surface area (TPSA) is 82.3 Å². The molecule has 0 saturated carbocycles. The number of rotatable bonds is 7. The highest BCUT2D eigenvalue weighted by Gasteiger charge is 2.15. The van der Waals surface area contributed by atoms with Gasteiger partial charge >= 0.3 is 0 Å². The van der Waals surface area contributed by atoms with Gasteiger partial charge in [-0.2, -0.15) is 5.10 Å². The molecule has 7 nitrogen and oxygen atoms in total. The second-order valence-electron chi connectivity index (χ2n) is 6.09. The number of benzene rings is 1. The van der Waals surface area contributed by atoms with Gasteiger partial charge in [0.15, 0.2) is 0 Å². The molecule has 3 N–H and O–H groups in total. The van der Waals surface area contributed by atoms with E-state index in [1.54, 1.807) is 13.3 Å². The normalized spacial score (nSPS) is 14.5. The minimum atomic E-state index is -0.0973. The van der Waals surface area contributed by atoms with Crippen LogP contribution in [0.3, 0.4) is 0 Å². The number of methoxy groups -OCH3 is 1. The zero-order chi connectivity index (χ0) is 17.5. The Labute approximate surface area is 159 Å². The van der Waals surface area contributed by atoms with Crippen molar-refractivity contribution in [3.05, 3.63) is 36.0 Å². The van der Waals surface area contributed by atoms with Gasteiger partial charge in [-0.1, -0.05) is 0 Å². The molecule has 2 heterocycles. The predicted molar refractivity (Wildman–Crippen MR) is 104 cm³/mol. The number of nitrogens with zero attached hydrogens (tertiary/aromatic N) is 2. The highest BCUT2D eigenvalue weighted by Crippen LogP contribution is 2.23. The number of hydrogen-bond acceptors (Lipinski definition) is 5. The smallest absolute Gasteiger partial charge is 0.255 e. The average molecular weight is 380 g/mol. The van der Waals surface area contributed by atoms with Crippen LogP contribution >= 0.6 is 12.4 Å². The molecule has 0 radical (unpaired) electrons. The molecule has 142 valence electrons. The lowest BCUT2D eigenvalue weighted by Crippen LogP contribution is -2.44. The van der Waals surface area contributed by atoms with Gasteiger partial charge in [0, 0.05) is 38.3 Å². The summed E-state index contributed by atoms with van der Waals surface area (Å²) in [6.07, 6.45) is 2.52. The van der Waals surface area contributed by atoms with E-state index in [0.29, 0.717) is 12.1 Å². The van der Waals surface area contributed by atoms with Crippen molar-refractivity contribution < 1.29 is 9.53 Å². The van der Waals surface area contributed by atoms with Crippen molar-refractivity contribution in [3.8, 4) is 17.0 Å². The summed E-state index contributed by atoms with van der Waals surface area (Å²) in [6.45, 7) is 5.93. The number of amides is 1. The molecule has 3 rings (SSSR count). The molecule has 1 aliphatic heterocycles. The SMILES string of the molecule is COc1ccc(-c2[nH]ncc2C(=O)NCCCN2CCNCC2)cc1.Cl. The van der Waals surface area contributed by atoms with Crippen molar-refractivity contribution in [2.45, 2.75) is 6.42 Å². The molecule has 1 saturated heterocycles. The number of ether oxygens (including phenoxy) is 1. The third-order valence-electron chi connectivity index (χ3n) is 4.41. The zero-order valence-corrected chi connectivity index (χ0v) is 15.8. The van der Waals surface area contributed by atoms with E-state index in [1.165, 1.54) is 0 Å². The Hall–Kier alpha value is -2.09. The van der Waals surface area contributed by atoms with Gasteiger partial charge in [-0.25, -0.2) is 0 Å². The Morgan fingerprint density at radius 1 is 1.27 bits per heavy atom. The van der Waals surface area contributed by atoms with E-state index >= 15 is 0 Å². The van der Waals surface area contributed by atoms with Crippen LogP contribution in [0.1, 0.15) is 16.8 Å². The summed E-state index contributed by atoms with van der Waals surface area (Å²) in [7, 11) is 1.63. The van der Waals surface area contributed by atoms with Crippen LogP contribution in [0.15, 0.2) is 30.5 Å². The van der Waals surface area contributed by atoms with Crippen LogP contribution in [0.2, 0.25) is 0 Å². The molecular formula is C18H26ClN5O2. The molecule has 0 atom stereocenters. The second-order valence-corrected chi connectivity index (χ2v) is 6.09. The van der Waals surface area contributed by atoms with E-state index in [0.717, 1.165) is 56.2 Å². The third-order valence-corrected chi connectivity index (χ3v) is 4.41. The minimum absolute atomic E-state index is 0. The molecule has 0 spiro atoms. The monoisotopic (exact) mass is 379 g/mol. The molecule has 1 aromatic carbocycles. The van der Waals surface area contributed by atoms with E-state index < -0.39 is 0 Å². The first-order chi connectivity index (χ1) is 12.3. The number of H-pyrrole nitrogens is 1. The number of aromatic nitrogens is 2. The summed E-state index contributed by atoms with van der Waals surface area (Å²) in [4.78, 5) is 14.9. The highest BCUT2D eigenvalue weighted by atomic mass is 35.5. The molecule has 1 aliphatic rings. The molecule has 26 heavy (non-hydrogen) atoms. The van der Waals surface area contributed by atoms with Crippen LogP contribution < -0.4 is 15.4 Å². The maximum atomic E-state index is 12.5. The molecule has 0 aliphatic carbocycles. The number of piperazine rings is 1. The lowest BCUT2D eigenvalue weighted by molar-refractivity contribution is 0.0952. The fourth-order valence-electron chi connectivity index (χ4n) is 2.97. The lowest BCUT2D eigenvalue weighted by Gasteiger charge is -2.27. The maximum Gasteiger partial charge on any atom is 0.255 e. The Kier molecular flexibility index (Phi) is 7.90. The van der Waals surface area contributed by atoms with Crippen LogP contribution in [0, 0.1) is 0 Å². The molecule has 0 bridgehead atoms. The molecule has 8 heteroatoms. The Balaban J connectivity index is 0.00000243. The summed E-state index contributed by atoms with van der Waals surface area (Å²) < 4.78 is 5.17. The standard InChI is InChI=1S/C18H25N5O2.ClH/c1-25-15-5-3-14(4-6-15)17-16(13-21-22-17)18(24)20-7-2-10-23-11-8-19-9-12-23;/h3-6,13,19H,2,7-12H2,1H3,(H,20,24)(H,21,22);1H. The van der Waals surface area contributed by atoms with Crippen LogP contribution in [0.25, 0.3) is 11.3 Å². The fourth-order valence-corrected chi connectivity index (χ4v) is 2.97. The van der Waals surface area contributed by atoms with E-state index in [4.69, 9.17) is 4.74 Å². The van der Waals surface area contributed by atoms with Gasteiger partial charge in [-0.05, 0) is 37.2 Å². The molecule has 1 amide bonds. The average Bonchev–Trinajstić information content (AvgIpc) is 3.16. The summed E-state index contributed by atoms with van der Waals surface area (Å²) >= 11 is 0. The van der Waals surface area contributed by atoms with Crippen LogP contribution in [-0.4, -0.2) is 67.4 Å². The first kappa shape index (κ1) is 20.2. The summed E-state index contributed by atoms with van der Waals surface area (Å²) in [5.41, 5.74) is 2.19. The van der Waals surface area contributed by atoms with Gasteiger partial charge in [0.1, 0.15) is 5.75 Å². The van der Waals surface area contributed by atoms with E-state index in [2.05, 4.69) is 25.7 Å². The Bertz CT molecular complexity index is 683. The van der Waals surface area contributed by atoms with Crippen molar-refractivity contribution in [1.29, 1.82) is 0 Å². The van der Waals surface area contributed by atoms with Crippen LogP contribution in [0.5, 0.6) is 5.75 Å². The first-order valence-corrected chi connectivity index (χ1v) is 8.67. The summed E-state index contributed by atoms with van der Waals surface area (Å²) in [5.74, 6) is 0.682. The van der Waals surface area contributed by atoms with Crippen molar-refractivity contribution >= 4 is 18.3 Å². The number of halogens is 1. The lowest BCUT2D eigenvalue weighted by atomic mass is 10.1. The van der Waals surface area contributed by atoms with E-state index in [9.17, 15) is 4.79 Å². The van der Waals surface area contributed by atoms with Crippen LogP contribution in [0.4, 0.5) is 0 Å². The van der Waals surface area contributed by atoms with Gasteiger partial charge in [-0.3, -0.25) is 9.89 Å². The third kappa shape index (κ3) is 5.20. The number of carbonyl (C=O) groups excluding carboxylic acids is 1.